The fourth-order valence-electron chi connectivity index (χ4n) is 0.264. The molecule has 0 aliphatic carbocycles. The monoisotopic (exact) mass is 109 g/mol. The van der Waals surface area contributed by atoms with Gasteiger partial charge in [0.25, 0.3) is 0 Å². The van der Waals surface area contributed by atoms with Gasteiger partial charge in [-0.1, -0.05) is 0 Å². The van der Waals surface area contributed by atoms with E-state index in [1.54, 1.807) is 5.51 Å². The Kier molecular flexibility index (Phi) is 1.11. The highest BCUT2D eigenvalue weighted by atomic mass is 32.1. The number of hydrogen-bond acceptors (Lipinski definition) is 2. The third-order valence-corrected chi connectivity index (χ3v) is 1.30. The summed E-state index contributed by atoms with van der Waals surface area (Å²) in [5.74, 6) is 0. The molecule has 7 heavy (non-hydrogen) atoms. The lowest BCUT2D eigenvalue weighted by Crippen LogP contribution is -1.68. The lowest BCUT2D eigenvalue weighted by atomic mass is 10.4. The van der Waals surface area contributed by atoms with Gasteiger partial charge in [0.05, 0.1) is 11.2 Å². The molecule has 1 aromatic rings. The van der Waals surface area contributed by atoms with Gasteiger partial charge in [-0.3, -0.25) is 0 Å². The van der Waals surface area contributed by atoms with Gasteiger partial charge in [-0.05, 0) is 0 Å². The van der Waals surface area contributed by atoms with Crippen LogP contribution in [0.5, 0.6) is 0 Å². The van der Waals surface area contributed by atoms with Gasteiger partial charge in [-0.2, -0.15) is 0 Å². The lowest BCUT2D eigenvalue weighted by Gasteiger charge is -1.76. The summed E-state index contributed by atoms with van der Waals surface area (Å²) in [6.45, 7) is 10.5. The molecule has 0 unspecified atom stereocenters. The second-order valence-corrected chi connectivity index (χ2v) is 1.99. The summed E-state index contributed by atoms with van der Waals surface area (Å²) in [7, 11) is 0. The maximum absolute atomic E-state index is 5.27. The van der Waals surface area contributed by atoms with Gasteiger partial charge in [0.1, 0.15) is 0 Å². The molecule has 0 bridgehead atoms. The quantitative estimate of drug-likeness (QED) is 0.488. The van der Waals surface area contributed by atoms with Crippen molar-refractivity contribution >= 4 is 11.3 Å². The van der Waals surface area contributed by atoms with Crippen molar-refractivity contribution < 1.29 is 0 Å². The largest absolute Gasteiger partial charge is 0.249 e. The summed E-state index contributed by atoms with van der Waals surface area (Å²) in [4.78, 5) is 4.28. The van der Waals surface area contributed by atoms with Gasteiger partial charge in [0, 0.05) is 18.7 Å². The first-order chi connectivity index (χ1) is 3.30. The van der Waals surface area contributed by atoms with Crippen molar-refractivity contribution in [2.75, 3.05) is 0 Å². The number of rotatable bonds is 0. The van der Waals surface area contributed by atoms with Gasteiger partial charge < -0.3 is 0 Å². The number of aromatic nitrogens is 1. The molecular weight excluding hydrogens is 106 g/mol. The molecule has 0 fully saturated rings. The maximum atomic E-state index is 5.27. The molecule has 1 rings (SSSR count). The number of hydrogen-bond donors (Lipinski definition) is 0. The zero-order valence-corrected chi connectivity index (χ0v) is 4.40. The molecule has 1 heterocycles. The molecule has 4 radical (unpaired) electrons. The van der Waals surface area contributed by atoms with Crippen LogP contribution >= 0.6 is 11.3 Å². The highest BCUT2D eigenvalue weighted by Crippen LogP contribution is 2.07. The molecule has 0 N–H and O–H groups in total. The molecule has 0 saturated carbocycles. The van der Waals surface area contributed by atoms with Crippen molar-refractivity contribution in [3.8, 4) is 0 Å². The summed E-state index contributed by atoms with van der Waals surface area (Å²) >= 11 is 1.35. The summed E-state index contributed by atoms with van der Waals surface area (Å²) in [5.41, 5.74) is 2.05. The topological polar surface area (TPSA) is 12.9 Å². The molecule has 1 aromatic heterocycles. The Morgan fingerprint density at radius 2 is 2.29 bits per heavy atom. The Balaban J connectivity index is 3.12. The van der Waals surface area contributed by atoms with E-state index in [4.69, 9.17) is 13.8 Å². The van der Waals surface area contributed by atoms with E-state index in [9.17, 15) is 0 Å². The van der Waals surface area contributed by atoms with E-state index in [0.717, 1.165) is 0 Å². The highest BCUT2D eigenvalue weighted by molar-refractivity contribution is 7.09. The van der Waals surface area contributed by atoms with Crippen molar-refractivity contribution in [1.82, 2.24) is 4.98 Å². The van der Waals surface area contributed by atoms with Crippen molar-refractivity contribution in [2.24, 2.45) is 0 Å². The van der Waals surface area contributed by atoms with Gasteiger partial charge in [-0.25, -0.2) is 4.98 Å². The van der Waals surface area contributed by atoms with E-state index in [1.165, 1.54) is 11.3 Å². The Morgan fingerprint density at radius 1 is 1.57 bits per heavy atom. The van der Waals surface area contributed by atoms with Crippen LogP contribution in [0.3, 0.4) is 0 Å². The smallest absolute Gasteiger partial charge is 0.0797 e. The SMILES string of the molecule is [CH]c1ncsc1[CH]. The molecule has 34 valence electrons. The summed E-state index contributed by atoms with van der Waals surface area (Å²) in [6.07, 6.45) is 0. The standard InChI is InChI=1S/C5H3NS/c1-4-5(2)7-3-6-4/h1-3H. The molecule has 0 aromatic carbocycles. The number of nitrogens with zero attached hydrogens (tertiary/aromatic N) is 1. The van der Waals surface area contributed by atoms with E-state index in [0.29, 0.717) is 10.6 Å². The third-order valence-electron chi connectivity index (χ3n) is 0.624. The van der Waals surface area contributed by atoms with Crippen LogP contribution in [0.4, 0.5) is 0 Å². The summed E-state index contributed by atoms with van der Waals surface area (Å²) in [6, 6.07) is 0. The highest BCUT2D eigenvalue weighted by Gasteiger charge is 1.90. The second-order valence-electron chi connectivity index (χ2n) is 1.10. The second kappa shape index (κ2) is 1.62. The van der Waals surface area contributed by atoms with E-state index in [2.05, 4.69) is 4.98 Å². The van der Waals surface area contributed by atoms with Gasteiger partial charge >= 0.3 is 0 Å². The van der Waals surface area contributed by atoms with E-state index in [-0.39, 0.29) is 0 Å². The fourth-order valence-corrected chi connectivity index (χ4v) is 0.717. The van der Waals surface area contributed by atoms with Crippen LogP contribution in [-0.4, -0.2) is 4.98 Å². The van der Waals surface area contributed by atoms with Gasteiger partial charge in [-0.15, -0.1) is 11.3 Å². The zero-order valence-electron chi connectivity index (χ0n) is 3.59. The Hall–Kier alpha value is -0.370. The minimum absolute atomic E-state index is 0.435. The van der Waals surface area contributed by atoms with Gasteiger partial charge in [0.15, 0.2) is 0 Å². The van der Waals surface area contributed by atoms with Crippen LogP contribution in [0.2, 0.25) is 0 Å². The van der Waals surface area contributed by atoms with Crippen LogP contribution in [-0.2, 0) is 0 Å². The Bertz CT molecular complexity index is 140. The minimum Gasteiger partial charge on any atom is -0.249 e. The Labute approximate surface area is 47.0 Å². The van der Waals surface area contributed by atoms with E-state index >= 15 is 0 Å². The molecule has 0 atom stereocenters. The molecule has 2 heteroatoms. The zero-order chi connectivity index (χ0) is 5.28. The summed E-state index contributed by atoms with van der Waals surface area (Å²) < 4.78 is 0. The van der Waals surface area contributed by atoms with Crippen LogP contribution in [0.25, 0.3) is 0 Å². The average Bonchev–Trinajstić information content (AvgIpc) is 1.91. The van der Waals surface area contributed by atoms with Crippen molar-refractivity contribution in [3.63, 3.8) is 0 Å². The molecule has 1 nitrogen and oxygen atoms in total. The molecular formula is C5H3NS. The lowest BCUT2D eigenvalue weighted by molar-refractivity contribution is 1.34. The average molecular weight is 109 g/mol. The predicted octanol–water partition coefficient (Wildman–Crippen LogP) is 1.26. The molecule has 0 amide bonds. The van der Waals surface area contributed by atoms with Crippen LogP contribution < -0.4 is 0 Å². The normalized spacial score (nSPS) is 9.43. The predicted molar refractivity (Wildman–Crippen MR) is 28.9 cm³/mol. The molecule has 0 aliphatic heterocycles. The van der Waals surface area contributed by atoms with Crippen LogP contribution in [0, 0.1) is 13.8 Å². The number of thiazole rings is 1. The van der Waals surface area contributed by atoms with Crippen molar-refractivity contribution in [2.45, 2.75) is 0 Å². The molecule has 0 saturated heterocycles. The first-order valence-electron chi connectivity index (χ1n) is 1.75. The van der Waals surface area contributed by atoms with Crippen molar-refractivity contribution in [1.29, 1.82) is 0 Å². The van der Waals surface area contributed by atoms with Crippen LogP contribution in [0.15, 0.2) is 5.51 Å². The summed E-state index contributed by atoms with van der Waals surface area (Å²) in [5, 5.41) is 0. The van der Waals surface area contributed by atoms with Crippen molar-refractivity contribution in [3.05, 3.63) is 29.9 Å². The fraction of sp³-hybridized carbons (Fsp3) is 0. The van der Waals surface area contributed by atoms with Crippen LogP contribution in [0.1, 0.15) is 10.6 Å². The van der Waals surface area contributed by atoms with Gasteiger partial charge in [0.2, 0.25) is 0 Å². The molecule has 0 aliphatic rings. The maximum Gasteiger partial charge on any atom is 0.0797 e. The molecule has 0 spiro atoms. The first-order valence-corrected chi connectivity index (χ1v) is 2.63. The van der Waals surface area contributed by atoms with E-state index in [1.807, 2.05) is 0 Å². The third kappa shape index (κ3) is 0.800. The first kappa shape index (κ1) is 4.78. The minimum atomic E-state index is 0.435. The Morgan fingerprint density at radius 3 is 2.43 bits per heavy atom. The van der Waals surface area contributed by atoms with E-state index < -0.39 is 0 Å².